The van der Waals surface area contributed by atoms with Crippen molar-refractivity contribution in [1.29, 1.82) is 0 Å². The zero-order valence-electron chi connectivity index (χ0n) is 11.3. The van der Waals surface area contributed by atoms with E-state index in [9.17, 15) is 4.79 Å². The molecule has 0 unspecified atom stereocenters. The van der Waals surface area contributed by atoms with Crippen LogP contribution in [-0.4, -0.2) is 22.2 Å². The van der Waals surface area contributed by atoms with Crippen LogP contribution in [0.5, 0.6) is 0 Å². The van der Waals surface area contributed by atoms with Gasteiger partial charge in [-0.1, -0.05) is 17.7 Å². The first-order chi connectivity index (χ1) is 9.08. The van der Waals surface area contributed by atoms with Crippen molar-refractivity contribution in [1.82, 2.24) is 9.78 Å². The summed E-state index contributed by atoms with van der Waals surface area (Å²) >= 11 is 2.17. The third-order valence-corrected chi connectivity index (χ3v) is 4.20. The number of carbonyl (C=O) groups excluding carboxylic acids is 1. The number of hydrogen-bond acceptors (Lipinski definition) is 2. The SMILES string of the molecule is Cc1ccc(N2C[C@H](C)n3ncc(I)c3C2=O)cc1.S. The lowest BCUT2D eigenvalue weighted by atomic mass is 10.1. The Morgan fingerprint density at radius 1 is 1.30 bits per heavy atom. The van der Waals surface area contributed by atoms with Crippen LogP contribution in [-0.2, 0) is 0 Å². The number of aryl methyl sites for hydroxylation is 1. The van der Waals surface area contributed by atoms with E-state index in [0.29, 0.717) is 12.2 Å². The van der Waals surface area contributed by atoms with Crippen LogP contribution in [0.4, 0.5) is 5.69 Å². The second kappa shape index (κ2) is 5.77. The molecule has 0 fully saturated rings. The molecule has 0 saturated carbocycles. The lowest BCUT2D eigenvalue weighted by Gasteiger charge is -2.32. The quantitative estimate of drug-likeness (QED) is 0.689. The highest BCUT2D eigenvalue weighted by atomic mass is 127. The van der Waals surface area contributed by atoms with Gasteiger partial charge in [-0.2, -0.15) is 18.6 Å². The molecular weight excluding hydrogens is 385 g/mol. The van der Waals surface area contributed by atoms with Gasteiger partial charge >= 0.3 is 0 Å². The van der Waals surface area contributed by atoms with E-state index < -0.39 is 0 Å². The number of carbonyl (C=O) groups is 1. The first kappa shape index (κ1) is 15.4. The first-order valence-electron chi connectivity index (χ1n) is 6.19. The fourth-order valence-electron chi connectivity index (χ4n) is 2.38. The second-order valence-electron chi connectivity index (χ2n) is 4.89. The van der Waals surface area contributed by atoms with Crippen LogP contribution in [0.25, 0.3) is 0 Å². The molecule has 106 valence electrons. The number of anilines is 1. The number of rotatable bonds is 1. The van der Waals surface area contributed by atoms with Gasteiger partial charge in [-0.05, 0) is 48.6 Å². The van der Waals surface area contributed by atoms with Gasteiger partial charge in [-0.25, -0.2) is 0 Å². The monoisotopic (exact) mass is 401 g/mol. The Morgan fingerprint density at radius 3 is 2.60 bits per heavy atom. The summed E-state index contributed by atoms with van der Waals surface area (Å²) in [6.45, 7) is 4.79. The molecule has 20 heavy (non-hydrogen) atoms. The van der Waals surface area contributed by atoms with E-state index in [1.165, 1.54) is 5.56 Å². The summed E-state index contributed by atoms with van der Waals surface area (Å²) in [5, 5.41) is 4.29. The van der Waals surface area contributed by atoms with Gasteiger partial charge < -0.3 is 4.90 Å². The predicted octanol–water partition coefficient (Wildman–Crippen LogP) is 3.13. The van der Waals surface area contributed by atoms with Crippen LogP contribution < -0.4 is 4.90 Å². The average Bonchev–Trinajstić information content (AvgIpc) is 2.78. The van der Waals surface area contributed by atoms with E-state index in [2.05, 4.69) is 34.6 Å². The Morgan fingerprint density at radius 2 is 1.95 bits per heavy atom. The van der Waals surface area contributed by atoms with E-state index in [1.807, 2.05) is 40.8 Å². The molecule has 6 heteroatoms. The normalized spacial score (nSPS) is 17.6. The van der Waals surface area contributed by atoms with E-state index in [0.717, 1.165) is 9.26 Å². The number of amides is 1. The molecular formula is C14H16IN3OS. The zero-order chi connectivity index (χ0) is 13.6. The van der Waals surface area contributed by atoms with Crippen LogP contribution in [0.3, 0.4) is 0 Å². The molecule has 0 N–H and O–H groups in total. The number of hydrogen-bond donors (Lipinski definition) is 0. The van der Waals surface area contributed by atoms with Gasteiger partial charge in [-0.3, -0.25) is 9.48 Å². The fourth-order valence-corrected chi connectivity index (χ4v) is 2.98. The van der Waals surface area contributed by atoms with E-state index in [-0.39, 0.29) is 25.4 Å². The minimum absolute atomic E-state index is 0. The summed E-state index contributed by atoms with van der Waals surface area (Å²) in [6, 6.07) is 8.25. The Labute approximate surface area is 138 Å². The Hall–Kier alpha value is -1.02. The van der Waals surface area contributed by atoms with Crippen molar-refractivity contribution < 1.29 is 4.79 Å². The maximum Gasteiger partial charge on any atom is 0.277 e. The zero-order valence-corrected chi connectivity index (χ0v) is 14.5. The summed E-state index contributed by atoms with van der Waals surface area (Å²) < 4.78 is 2.74. The fraction of sp³-hybridized carbons (Fsp3) is 0.286. The molecule has 3 rings (SSSR count). The highest BCUT2D eigenvalue weighted by Crippen LogP contribution is 2.28. The number of nitrogens with zero attached hydrogens (tertiary/aromatic N) is 3. The summed E-state index contributed by atoms with van der Waals surface area (Å²) in [4.78, 5) is 14.4. The van der Waals surface area contributed by atoms with Crippen LogP contribution in [0.1, 0.15) is 29.0 Å². The van der Waals surface area contributed by atoms with Gasteiger partial charge in [0, 0.05) is 12.2 Å². The van der Waals surface area contributed by atoms with Crippen molar-refractivity contribution in [2.45, 2.75) is 19.9 Å². The smallest absolute Gasteiger partial charge is 0.277 e. The van der Waals surface area contributed by atoms with E-state index in [1.54, 1.807) is 6.20 Å². The molecule has 4 nitrogen and oxygen atoms in total. The minimum Gasteiger partial charge on any atom is -0.305 e. The lowest BCUT2D eigenvalue weighted by Crippen LogP contribution is -2.42. The molecule has 1 aromatic heterocycles. The molecule has 1 atom stereocenters. The maximum atomic E-state index is 12.6. The third kappa shape index (κ3) is 2.46. The highest BCUT2D eigenvalue weighted by Gasteiger charge is 2.32. The summed E-state index contributed by atoms with van der Waals surface area (Å²) in [5.41, 5.74) is 2.84. The minimum atomic E-state index is 0. The van der Waals surface area contributed by atoms with Gasteiger partial charge in [0.25, 0.3) is 5.91 Å². The third-order valence-electron chi connectivity index (χ3n) is 3.41. The lowest BCUT2D eigenvalue weighted by molar-refractivity contribution is 0.0952. The van der Waals surface area contributed by atoms with Gasteiger partial charge in [0.1, 0.15) is 5.69 Å². The number of benzene rings is 1. The van der Waals surface area contributed by atoms with Gasteiger partial charge in [-0.15, -0.1) is 0 Å². The van der Waals surface area contributed by atoms with Crippen molar-refractivity contribution in [3.8, 4) is 0 Å². The Bertz CT molecular complexity index is 638. The molecule has 0 radical (unpaired) electrons. The van der Waals surface area contributed by atoms with Crippen LogP contribution in [0.15, 0.2) is 30.5 Å². The average molecular weight is 401 g/mol. The van der Waals surface area contributed by atoms with Gasteiger partial charge in [0.05, 0.1) is 15.8 Å². The first-order valence-corrected chi connectivity index (χ1v) is 7.27. The number of halogens is 1. The molecule has 1 aliphatic rings. The molecule has 0 saturated heterocycles. The summed E-state index contributed by atoms with van der Waals surface area (Å²) in [5.74, 6) is 0.0313. The van der Waals surface area contributed by atoms with Gasteiger partial charge in [0.15, 0.2) is 0 Å². The molecule has 2 heterocycles. The van der Waals surface area contributed by atoms with E-state index in [4.69, 9.17) is 0 Å². The summed E-state index contributed by atoms with van der Waals surface area (Å²) in [7, 11) is 0. The molecule has 1 aliphatic heterocycles. The van der Waals surface area contributed by atoms with Crippen molar-refractivity contribution in [3.63, 3.8) is 0 Å². The molecule has 0 spiro atoms. The number of aromatic nitrogens is 2. The molecule has 2 aromatic rings. The summed E-state index contributed by atoms with van der Waals surface area (Å²) in [6.07, 6.45) is 1.75. The largest absolute Gasteiger partial charge is 0.305 e. The predicted molar refractivity (Wildman–Crippen MR) is 92.9 cm³/mol. The van der Waals surface area contributed by atoms with Crippen LogP contribution >= 0.6 is 36.1 Å². The molecule has 1 aromatic carbocycles. The molecule has 1 amide bonds. The van der Waals surface area contributed by atoms with Crippen molar-refractivity contribution in [3.05, 3.63) is 45.3 Å². The van der Waals surface area contributed by atoms with Crippen molar-refractivity contribution >= 4 is 47.7 Å². The number of fused-ring (bicyclic) bond motifs is 1. The Balaban J connectivity index is 0.00000147. The van der Waals surface area contributed by atoms with Crippen LogP contribution in [0, 0.1) is 10.5 Å². The van der Waals surface area contributed by atoms with Gasteiger partial charge in [0.2, 0.25) is 0 Å². The topological polar surface area (TPSA) is 38.1 Å². The molecule has 0 aliphatic carbocycles. The molecule has 0 bridgehead atoms. The van der Waals surface area contributed by atoms with Crippen LogP contribution in [0.2, 0.25) is 0 Å². The second-order valence-corrected chi connectivity index (χ2v) is 6.05. The maximum absolute atomic E-state index is 12.6. The van der Waals surface area contributed by atoms with Crippen molar-refractivity contribution in [2.75, 3.05) is 11.4 Å². The van der Waals surface area contributed by atoms with Crippen molar-refractivity contribution in [2.24, 2.45) is 0 Å². The highest BCUT2D eigenvalue weighted by molar-refractivity contribution is 14.1. The van der Waals surface area contributed by atoms with E-state index >= 15 is 0 Å². The standard InChI is InChI=1S/C14H14IN3O.H2S/c1-9-3-5-11(6-4-9)17-8-10(2)18-13(14(17)19)12(15)7-16-18;/h3-7,10H,8H2,1-2H3;1H2/t10-;/m0./s1. The Kier molecular flexibility index (Phi) is 4.43.